The molecule has 1 aromatic carbocycles. The van der Waals surface area contributed by atoms with Crippen molar-refractivity contribution in [3.8, 4) is 17.0 Å². The van der Waals surface area contributed by atoms with Gasteiger partial charge in [0.25, 0.3) is 0 Å². The van der Waals surface area contributed by atoms with E-state index in [0.29, 0.717) is 19.2 Å². The Hall–Kier alpha value is -3.19. The number of hydrogen-bond donors (Lipinski definition) is 1. The van der Waals surface area contributed by atoms with Crippen LogP contribution in [0.4, 0.5) is 17.6 Å². The smallest absolute Gasteiger partial charge is 0.228 e. The van der Waals surface area contributed by atoms with Gasteiger partial charge in [0.1, 0.15) is 17.4 Å². The van der Waals surface area contributed by atoms with Gasteiger partial charge in [-0.2, -0.15) is 4.98 Å². The molecule has 0 aliphatic carbocycles. The van der Waals surface area contributed by atoms with Crippen molar-refractivity contribution in [1.29, 1.82) is 0 Å². The molecule has 1 fully saturated rings. The van der Waals surface area contributed by atoms with E-state index < -0.39 is 0 Å². The number of phenolic OH excluding ortho intramolecular Hbond substituents is 1. The second-order valence-corrected chi connectivity index (χ2v) is 7.42. The summed E-state index contributed by atoms with van der Waals surface area (Å²) in [5.74, 6) is 2.72. The summed E-state index contributed by atoms with van der Waals surface area (Å²) in [4.78, 5) is 18.8. The summed E-state index contributed by atoms with van der Waals surface area (Å²) < 4.78 is 5.50. The van der Waals surface area contributed by atoms with Gasteiger partial charge in [0, 0.05) is 37.0 Å². The summed E-state index contributed by atoms with van der Waals surface area (Å²) in [6.45, 7) is 5.71. The first-order valence-electron chi connectivity index (χ1n) is 9.92. The highest BCUT2D eigenvalue weighted by molar-refractivity contribution is 5.76. The minimum absolute atomic E-state index is 0.234. The van der Waals surface area contributed by atoms with E-state index in [0.717, 1.165) is 60.1 Å². The molecule has 2 aromatic heterocycles. The summed E-state index contributed by atoms with van der Waals surface area (Å²) in [7, 11) is 0. The molecule has 0 spiro atoms. The highest BCUT2D eigenvalue weighted by Gasteiger charge is 2.29. The lowest BCUT2D eigenvalue weighted by Gasteiger charge is -2.28. The fourth-order valence-corrected chi connectivity index (χ4v) is 3.88. The quantitative estimate of drug-likeness (QED) is 0.738. The summed E-state index contributed by atoms with van der Waals surface area (Å²) in [6, 6.07) is 11.4. The number of ether oxygens (including phenoxy) is 1. The van der Waals surface area contributed by atoms with Crippen molar-refractivity contribution >= 4 is 17.6 Å². The van der Waals surface area contributed by atoms with Crippen LogP contribution in [0.5, 0.6) is 5.75 Å². The monoisotopic (exact) mass is 389 g/mol. The molecular weight excluding hydrogens is 366 g/mol. The third-order valence-electron chi connectivity index (χ3n) is 5.40. The van der Waals surface area contributed by atoms with Gasteiger partial charge in [-0.25, -0.2) is 9.97 Å². The maximum absolute atomic E-state index is 10.0. The van der Waals surface area contributed by atoms with Crippen molar-refractivity contribution in [3.05, 3.63) is 53.7 Å². The normalized spacial score (nSPS) is 16.2. The van der Waals surface area contributed by atoms with Crippen molar-refractivity contribution in [1.82, 2.24) is 15.0 Å². The van der Waals surface area contributed by atoms with Crippen molar-refractivity contribution < 1.29 is 9.84 Å². The molecule has 2 aliphatic heterocycles. The van der Waals surface area contributed by atoms with Crippen LogP contribution < -0.4 is 9.80 Å². The molecular formula is C22H23N5O2. The van der Waals surface area contributed by atoms with E-state index in [9.17, 15) is 5.11 Å². The van der Waals surface area contributed by atoms with Crippen LogP contribution in [0.2, 0.25) is 0 Å². The SMILES string of the molecule is Cc1ccc(N2CCc3c(-c4cccc(O)c4)nc(N4CCOCC4)nc32)nc1. The maximum atomic E-state index is 10.0. The number of pyridine rings is 1. The van der Waals surface area contributed by atoms with E-state index >= 15 is 0 Å². The molecule has 148 valence electrons. The fourth-order valence-electron chi connectivity index (χ4n) is 3.88. The van der Waals surface area contributed by atoms with E-state index in [1.54, 1.807) is 12.1 Å². The predicted molar refractivity (Wildman–Crippen MR) is 112 cm³/mol. The molecule has 5 rings (SSSR count). The first kappa shape index (κ1) is 17.9. The molecule has 0 amide bonds. The van der Waals surface area contributed by atoms with Crippen LogP contribution in [0.15, 0.2) is 42.6 Å². The van der Waals surface area contributed by atoms with E-state index in [4.69, 9.17) is 14.7 Å². The van der Waals surface area contributed by atoms with Gasteiger partial charge in [-0.3, -0.25) is 0 Å². The van der Waals surface area contributed by atoms with Crippen molar-refractivity contribution in [3.63, 3.8) is 0 Å². The lowest BCUT2D eigenvalue weighted by Crippen LogP contribution is -2.37. The fraction of sp³-hybridized carbons (Fsp3) is 0.318. The zero-order valence-corrected chi connectivity index (χ0v) is 16.4. The van der Waals surface area contributed by atoms with Gasteiger partial charge < -0.3 is 19.6 Å². The van der Waals surface area contributed by atoms with Crippen molar-refractivity contribution in [2.45, 2.75) is 13.3 Å². The number of morpholine rings is 1. The molecule has 4 heterocycles. The van der Waals surface area contributed by atoms with Crippen LogP contribution in [0.3, 0.4) is 0 Å². The molecule has 7 heteroatoms. The van der Waals surface area contributed by atoms with Gasteiger partial charge in [-0.05, 0) is 37.1 Å². The van der Waals surface area contributed by atoms with Crippen LogP contribution in [-0.4, -0.2) is 52.9 Å². The topological polar surface area (TPSA) is 74.6 Å². The Kier molecular flexibility index (Phi) is 4.52. The number of aromatic nitrogens is 3. The average Bonchev–Trinajstić information content (AvgIpc) is 3.18. The molecule has 29 heavy (non-hydrogen) atoms. The van der Waals surface area contributed by atoms with E-state index in [1.165, 1.54) is 0 Å². The van der Waals surface area contributed by atoms with Crippen LogP contribution in [0.25, 0.3) is 11.3 Å². The number of aromatic hydroxyl groups is 1. The van der Waals surface area contributed by atoms with Crippen molar-refractivity contribution in [2.75, 3.05) is 42.6 Å². The number of benzene rings is 1. The Bertz CT molecular complexity index is 1030. The van der Waals surface area contributed by atoms with Gasteiger partial charge in [-0.1, -0.05) is 18.2 Å². The number of phenols is 1. The second-order valence-electron chi connectivity index (χ2n) is 7.42. The highest BCUT2D eigenvalue weighted by Crippen LogP contribution is 2.39. The lowest BCUT2D eigenvalue weighted by atomic mass is 10.1. The molecule has 0 radical (unpaired) electrons. The average molecular weight is 389 g/mol. The van der Waals surface area contributed by atoms with Gasteiger partial charge in [0.15, 0.2) is 0 Å². The van der Waals surface area contributed by atoms with Gasteiger partial charge in [-0.15, -0.1) is 0 Å². The maximum Gasteiger partial charge on any atom is 0.228 e. The molecule has 7 nitrogen and oxygen atoms in total. The number of fused-ring (bicyclic) bond motifs is 1. The molecule has 0 unspecified atom stereocenters. The third-order valence-corrected chi connectivity index (χ3v) is 5.40. The molecule has 0 atom stereocenters. The second kappa shape index (κ2) is 7.33. The number of rotatable bonds is 3. The number of nitrogens with zero attached hydrogens (tertiary/aromatic N) is 5. The molecule has 0 saturated carbocycles. The Labute approximate surface area is 169 Å². The van der Waals surface area contributed by atoms with Gasteiger partial charge in [0.05, 0.1) is 18.9 Å². The Morgan fingerprint density at radius 1 is 1.03 bits per heavy atom. The zero-order valence-electron chi connectivity index (χ0n) is 16.4. The Morgan fingerprint density at radius 2 is 1.90 bits per heavy atom. The summed E-state index contributed by atoms with van der Waals surface area (Å²) >= 11 is 0. The van der Waals surface area contributed by atoms with Crippen LogP contribution >= 0.6 is 0 Å². The summed E-state index contributed by atoms with van der Waals surface area (Å²) in [5.41, 5.74) is 4.00. The van der Waals surface area contributed by atoms with Crippen LogP contribution in [0, 0.1) is 6.92 Å². The molecule has 3 aromatic rings. The summed E-state index contributed by atoms with van der Waals surface area (Å²) in [5, 5.41) is 10.0. The summed E-state index contributed by atoms with van der Waals surface area (Å²) in [6.07, 6.45) is 2.72. The standard InChI is InChI=1S/C22H23N5O2/c1-15-5-6-19(23-14-15)27-8-7-18-20(16-3-2-4-17(28)13-16)24-22(25-21(18)27)26-9-11-29-12-10-26/h2-6,13-14,28H,7-12H2,1H3. The highest BCUT2D eigenvalue weighted by atomic mass is 16.5. The molecule has 0 bridgehead atoms. The largest absolute Gasteiger partial charge is 0.508 e. The zero-order chi connectivity index (χ0) is 19.8. The molecule has 1 saturated heterocycles. The molecule has 2 aliphatic rings. The number of anilines is 3. The van der Waals surface area contributed by atoms with E-state index in [2.05, 4.69) is 20.9 Å². The first-order chi connectivity index (χ1) is 14.2. The van der Waals surface area contributed by atoms with Gasteiger partial charge >= 0.3 is 0 Å². The molecule has 1 N–H and O–H groups in total. The van der Waals surface area contributed by atoms with Gasteiger partial charge in [0.2, 0.25) is 5.95 Å². The number of aryl methyl sites for hydroxylation is 1. The first-order valence-corrected chi connectivity index (χ1v) is 9.92. The van der Waals surface area contributed by atoms with E-state index in [-0.39, 0.29) is 5.75 Å². The van der Waals surface area contributed by atoms with Crippen LogP contribution in [0.1, 0.15) is 11.1 Å². The third kappa shape index (κ3) is 3.38. The number of hydrogen-bond acceptors (Lipinski definition) is 7. The predicted octanol–water partition coefficient (Wildman–Crippen LogP) is 3.08. The van der Waals surface area contributed by atoms with E-state index in [1.807, 2.05) is 31.3 Å². The Balaban J connectivity index is 1.64. The van der Waals surface area contributed by atoms with Crippen LogP contribution in [-0.2, 0) is 11.2 Å². The minimum atomic E-state index is 0.234. The lowest BCUT2D eigenvalue weighted by molar-refractivity contribution is 0.122. The van der Waals surface area contributed by atoms with Crippen molar-refractivity contribution in [2.24, 2.45) is 0 Å². The minimum Gasteiger partial charge on any atom is -0.508 e. The Morgan fingerprint density at radius 3 is 2.66 bits per heavy atom.